The smallest absolute Gasteiger partial charge is 0.257 e. The number of fused-ring (bicyclic) bond motifs is 2. The third-order valence-electron chi connectivity index (χ3n) is 5.33. The lowest BCUT2D eigenvalue weighted by Crippen LogP contribution is -2.51. The van der Waals surface area contributed by atoms with Crippen LogP contribution in [0.25, 0.3) is 10.9 Å². The second-order valence-electron chi connectivity index (χ2n) is 7.81. The van der Waals surface area contributed by atoms with Crippen LogP contribution in [0.3, 0.4) is 0 Å². The van der Waals surface area contributed by atoms with Crippen molar-refractivity contribution >= 4 is 34.1 Å². The Labute approximate surface area is 170 Å². The summed E-state index contributed by atoms with van der Waals surface area (Å²) in [6, 6.07) is 15.4. The Morgan fingerprint density at radius 1 is 1.17 bits per heavy atom. The van der Waals surface area contributed by atoms with Crippen LogP contribution in [0.2, 0.25) is 0 Å². The number of benzene rings is 2. The summed E-state index contributed by atoms with van der Waals surface area (Å²) in [5, 5.41) is 7.53. The SMILES string of the molecule is CC(C)[C@@H]1Nc2ccccc2C(=O)N1CCCC(=O)Nc1ccc2cc[nH]c2c1. The van der Waals surface area contributed by atoms with E-state index in [4.69, 9.17) is 0 Å². The van der Waals surface area contributed by atoms with Crippen LogP contribution in [-0.2, 0) is 4.79 Å². The Bertz CT molecular complexity index is 1040. The highest BCUT2D eigenvalue weighted by molar-refractivity contribution is 6.01. The summed E-state index contributed by atoms with van der Waals surface area (Å²) in [5.74, 6) is 0.235. The monoisotopic (exact) mass is 390 g/mol. The van der Waals surface area contributed by atoms with Crippen LogP contribution in [-0.4, -0.2) is 34.4 Å². The number of H-pyrrole nitrogens is 1. The van der Waals surface area contributed by atoms with Gasteiger partial charge in [0.25, 0.3) is 5.91 Å². The molecule has 2 heterocycles. The van der Waals surface area contributed by atoms with Crippen molar-refractivity contribution in [1.82, 2.24) is 9.88 Å². The summed E-state index contributed by atoms with van der Waals surface area (Å²) >= 11 is 0. The molecule has 2 aromatic carbocycles. The maximum atomic E-state index is 13.0. The number of anilines is 2. The van der Waals surface area contributed by atoms with Crippen molar-refractivity contribution in [2.45, 2.75) is 32.9 Å². The van der Waals surface area contributed by atoms with Gasteiger partial charge in [-0.2, -0.15) is 0 Å². The molecule has 6 nitrogen and oxygen atoms in total. The average molecular weight is 390 g/mol. The van der Waals surface area contributed by atoms with Crippen molar-refractivity contribution in [1.29, 1.82) is 0 Å². The van der Waals surface area contributed by atoms with Crippen LogP contribution in [0.1, 0.15) is 37.0 Å². The van der Waals surface area contributed by atoms with Gasteiger partial charge in [0.15, 0.2) is 0 Å². The van der Waals surface area contributed by atoms with Crippen molar-refractivity contribution in [3.8, 4) is 0 Å². The Balaban J connectivity index is 1.37. The molecule has 0 saturated heterocycles. The minimum absolute atomic E-state index is 0.0238. The van der Waals surface area contributed by atoms with Gasteiger partial charge in [0.2, 0.25) is 5.91 Å². The molecule has 3 aromatic rings. The Hall–Kier alpha value is -3.28. The quantitative estimate of drug-likeness (QED) is 0.582. The number of hydrogen-bond acceptors (Lipinski definition) is 3. The molecule has 2 amide bonds. The van der Waals surface area contributed by atoms with Crippen molar-refractivity contribution in [2.24, 2.45) is 5.92 Å². The fourth-order valence-electron chi connectivity index (χ4n) is 3.84. The summed E-state index contributed by atoms with van der Waals surface area (Å²) in [6.07, 6.45) is 2.77. The van der Waals surface area contributed by atoms with Crippen LogP contribution in [0.4, 0.5) is 11.4 Å². The Morgan fingerprint density at radius 3 is 2.83 bits per heavy atom. The summed E-state index contributed by atoms with van der Waals surface area (Å²) < 4.78 is 0. The first-order chi connectivity index (χ1) is 14.0. The van der Waals surface area contributed by atoms with E-state index in [1.165, 1.54) is 0 Å². The van der Waals surface area contributed by atoms with E-state index < -0.39 is 0 Å². The highest BCUT2D eigenvalue weighted by Crippen LogP contribution is 2.28. The van der Waals surface area contributed by atoms with Gasteiger partial charge in [-0.15, -0.1) is 0 Å². The number of para-hydroxylation sites is 1. The number of aromatic amines is 1. The molecular weight excluding hydrogens is 364 g/mol. The van der Waals surface area contributed by atoms with E-state index in [0.29, 0.717) is 24.9 Å². The number of aromatic nitrogens is 1. The highest BCUT2D eigenvalue weighted by atomic mass is 16.2. The van der Waals surface area contributed by atoms with Crippen LogP contribution in [0, 0.1) is 5.92 Å². The van der Waals surface area contributed by atoms with Crippen molar-refractivity contribution < 1.29 is 9.59 Å². The van der Waals surface area contributed by atoms with Gasteiger partial charge in [-0.25, -0.2) is 0 Å². The van der Waals surface area contributed by atoms with Crippen LogP contribution >= 0.6 is 0 Å². The third kappa shape index (κ3) is 3.97. The van der Waals surface area contributed by atoms with Crippen molar-refractivity contribution in [3.05, 3.63) is 60.3 Å². The molecule has 1 atom stereocenters. The van der Waals surface area contributed by atoms with Crippen LogP contribution in [0.5, 0.6) is 0 Å². The number of nitrogens with one attached hydrogen (secondary N) is 3. The average Bonchev–Trinajstić information content (AvgIpc) is 3.17. The maximum Gasteiger partial charge on any atom is 0.257 e. The molecule has 3 N–H and O–H groups in total. The van der Waals surface area contributed by atoms with Crippen molar-refractivity contribution in [3.63, 3.8) is 0 Å². The molecule has 1 aliphatic rings. The predicted octanol–water partition coefficient (Wildman–Crippen LogP) is 4.44. The summed E-state index contributed by atoms with van der Waals surface area (Å²) in [4.78, 5) is 30.4. The number of carbonyl (C=O) groups excluding carboxylic acids is 2. The minimum atomic E-state index is -0.0734. The standard InChI is InChI=1S/C23H26N4O2/c1-15(2)22-26-19-7-4-3-6-18(19)23(29)27(22)13-5-8-21(28)25-17-10-9-16-11-12-24-20(16)14-17/h3-4,6-7,9-12,14-15,22,24,26H,5,8,13H2,1-2H3,(H,25,28)/t22-/m1/s1. The highest BCUT2D eigenvalue weighted by Gasteiger charge is 2.33. The number of hydrogen-bond donors (Lipinski definition) is 3. The fraction of sp³-hybridized carbons (Fsp3) is 0.304. The number of rotatable bonds is 6. The number of carbonyl (C=O) groups is 2. The minimum Gasteiger partial charge on any atom is -0.364 e. The van der Waals surface area contributed by atoms with Gasteiger partial charge in [0.1, 0.15) is 6.17 Å². The molecule has 150 valence electrons. The zero-order valence-electron chi connectivity index (χ0n) is 16.7. The first-order valence-electron chi connectivity index (χ1n) is 10.1. The van der Waals surface area contributed by atoms with Gasteiger partial charge in [-0.05, 0) is 48.1 Å². The van der Waals surface area contributed by atoms with Crippen molar-refractivity contribution in [2.75, 3.05) is 17.2 Å². The van der Waals surface area contributed by atoms with Crippen LogP contribution in [0.15, 0.2) is 54.7 Å². The van der Waals surface area contributed by atoms with E-state index in [1.807, 2.05) is 59.6 Å². The van der Waals surface area contributed by atoms with E-state index in [-0.39, 0.29) is 23.9 Å². The first kappa shape index (κ1) is 19.1. The van der Waals surface area contributed by atoms with Gasteiger partial charge < -0.3 is 20.5 Å². The third-order valence-corrected chi connectivity index (χ3v) is 5.33. The first-order valence-corrected chi connectivity index (χ1v) is 10.1. The van der Waals surface area contributed by atoms with E-state index >= 15 is 0 Å². The largest absolute Gasteiger partial charge is 0.364 e. The fourth-order valence-corrected chi connectivity index (χ4v) is 3.84. The maximum absolute atomic E-state index is 13.0. The molecule has 0 spiro atoms. The summed E-state index contributed by atoms with van der Waals surface area (Å²) in [6.45, 7) is 4.72. The summed E-state index contributed by atoms with van der Waals surface area (Å²) in [7, 11) is 0. The Morgan fingerprint density at radius 2 is 2.00 bits per heavy atom. The van der Waals surface area contributed by atoms with E-state index in [0.717, 1.165) is 22.3 Å². The number of amides is 2. The molecule has 0 saturated carbocycles. The normalized spacial score (nSPS) is 16.0. The zero-order chi connectivity index (χ0) is 20.4. The second kappa shape index (κ2) is 7.99. The zero-order valence-corrected chi connectivity index (χ0v) is 16.7. The molecule has 0 aliphatic carbocycles. The van der Waals surface area contributed by atoms with E-state index in [9.17, 15) is 9.59 Å². The molecular formula is C23H26N4O2. The lowest BCUT2D eigenvalue weighted by molar-refractivity contribution is -0.116. The van der Waals surface area contributed by atoms with Gasteiger partial charge in [0.05, 0.1) is 5.56 Å². The van der Waals surface area contributed by atoms with E-state index in [2.05, 4.69) is 29.5 Å². The number of nitrogens with zero attached hydrogens (tertiary/aromatic N) is 1. The lowest BCUT2D eigenvalue weighted by Gasteiger charge is -2.40. The molecule has 1 aliphatic heterocycles. The molecule has 0 fully saturated rings. The molecule has 0 bridgehead atoms. The van der Waals surface area contributed by atoms with Gasteiger partial charge >= 0.3 is 0 Å². The molecule has 6 heteroatoms. The second-order valence-corrected chi connectivity index (χ2v) is 7.81. The van der Waals surface area contributed by atoms with Crippen LogP contribution < -0.4 is 10.6 Å². The molecule has 29 heavy (non-hydrogen) atoms. The Kier molecular flexibility index (Phi) is 5.25. The molecule has 4 rings (SSSR count). The van der Waals surface area contributed by atoms with Gasteiger partial charge in [-0.1, -0.05) is 32.0 Å². The molecule has 0 unspecified atom stereocenters. The van der Waals surface area contributed by atoms with E-state index in [1.54, 1.807) is 0 Å². The van der Waals surface area contributed by atoms with Gasteiger partial charge in [-0.3, -0.25) is 9.59 Å². The molecule has 1 aromatic heterocycles. The molecule has 0 radical (unpaired) electrons. The topological polar surface area (TPSA) is 77.2 Å². The van der Waals surface area contributed by atoms with Gasteiger partial charge in [0, 0.05) is 36.1 Å². The predicted molar refractivity (Wildman–Crippen MR) is 116 cm³/mol. The summed E-state index contributed by atoms with van der Waals surface area (Å²) in [5.41, 5.74) is 3.33. The lowest BCUT2D eigenvalue weighted by atomic mass is 10.0.